The number of hydrogen-bond acceptors (Lipinski definition) is 6. The molecule has 21 heavy (non-hydrogen) atoms. The molecule has 0 unspecified atom stereocenters. The molecule has 0 spiro atoms. The molecule has 0 aromatic heterocycles. The quantitative estimate of drug-likeness (QED) is 0.474. The first-order valence-electron chi connectivity index (χ1n) is 5.98. The van der Waals surface area contributed by atoms with E-state index in [9.17, 15) is 19.2 Å². The number of cyclic esters (lactones) is 2. The summed E-state index contributed by atoms with van der Waals surface area (Å²) < 4.78 is 9.23. The standard InChI is InChI=1S/C15H8O6/c1-20-14(18)11-7(6-16)2-3-9-8(11)4-5-10-12(9)15(19)21-13(10)17/h2-6H,1H3. The van der Waals surface area contributed by atoms with Crippen LogP contribution in [0.1, 0.15) is 41.4 Å². The lowest BCUT2D eigenvalue weighted by Gasteiger charge is -2.09. The zero-order valence-corrected chi connectivity index (χ0v) is 10.8. The first kappa shape index (κ1) is 13.0. The first-order chi connectivity index (χ1) is 10.1. The minimum atomic E-state index is -0.768. The van der Waals surface area contributed by atoms with Crippen molar-refractivity contribution < 1.29 is 28.7 Å². The Labute approximate surface area is 118 Å². The maximum Gasteiger partial charge on any atom is 0.347 e. The van der Waals surface area contributed by atoms with Crippen LogP contribution < -0.4 is 0 Å². The second-order valence-corrected chi connectivity index (χ2v) is 4.40. The molecule has 1 aliphatic heterocycles. The van der Waals surface area contributed by atoms with Crippen molar-refractivity contribution in [1.29, 1.82) is 0 Å². The fraction of sp³-hybridized carbons (Fsp3) is 0.0667. The number of aldehydes is 1. The van der Waals surface area contributed by atoms with E-state index in [0.29, 0.717) is 17.1 Å². The fourth-order valence-electron chi connectivity index (χ4n) is 2.43. The molecule has 0 saturated heterocycles. The van der Waals surface area contributed by atoms with Crippen LogP contribution in [0, 0.1) is 0 Å². The predicted molar refractivity (Wildman–Crippen MR) is 70.4 cm³/mol. The van der Waals surface area contributed by atoms with Crippen molar-refractivity contribution >= 4 is 35.0 Å². The van der Waals surface area contributed by atoms with Gasteiger partial charge in [0.1, 0.15) is 0 Å². The summed E-state index contributed by atoms with van der Waals surface area (Å²) >= 11 is 0. The molecule has 0 aliphatic carbocycles. The van der Waals surface area contributed by atoms with Gasteiger partial charge in [-0.15, -0.1) is 0 Å². The van der Waals surface area contributed by atoms with Crippen LogP contribution >= 0.6 is 0 Å². The molecule has 0 fully saturated rings. The van der Waals surface area contributed by atoms with Gasteiger partial charge in [0.05, 0.1) is 23.8 Å². The highest BCUT2D eigenvalue weighted by Gasteiger charge is 2.32. The van der Waals surface area contributed by atoms with Crippen LogP contribution in [0.5, 0.6) is 0 Å². The normalized spacial score (nSPS) is 13.0. The lowest BCUT2D eigenvalue weighted by molar-refractivity contribution is 0.0443. The maximum absolute atomic E-state index is 11.9. The summed E-state index contributed by atoms with van der Waals surface area (Å²) in [6, 6.07) is 5.79. The summed E-state index contributed by atoms with van der Waals surface area (Å²) in [5.74, 6) is -2.19. The number of ether oxygens (including phenoxy) is 2. The van der Waals surface area contributed by atoms with E-state index in [2.05, 4.69) is 9.47 Å². The summed E-state index contributed by atoms with van der Waals surface area (Å²) in [4.78, 5) is 46.3. The van der Waals surface area contributed by atoms with Crippen LogP contribution in [0.15, 0.2) is 24.3 Å². The van der Waals surface area contributed by atoms with Gasteiger partial charge in [0.15, 0.2) is 6.29 Å². The van der Waals surface area contributed by atoms with E-state index in [1.807, 2.05) is 0 Å². The topological polar surface area (TPSA) is 86.7 Å². The van der Waals surface area contributed by atoms with Crippen molar-refractivity contribution in [3.63, 3.8) is 0 Å². The van der Waals surface area contributed by atoms with Gasteiger partial charge in [-0.1, -0.05) is 18.2 Å². The molecule has 1 heterocycles. The molecule has 0 N–H and O–H groups in total. The van der Waals surface area contributed by atoms with E-state index in [-0.39, 0.29) is 22.3 Å². The SMILES string of the molecule is COC(=O)c1c(C=O)ccc2c3c(ccc12)C(=O)OC3=O. The smallest absolute Gasteiger partial charge is 0.347 e. The minimum absolute atomic E-state index is 0.0555. The van der Waals surface area contributed by atoms with Gasteiger partial charge in [0.25, 0.3) is 0 Å². The summed E-state index contributed by atoms with van der Waals surface area (Å²) in [6.07, 6.45) is 0.530. The lowest BCUT2D eigenvalue weighted by Crippen LogP contribution is -2.07. The van der Waals surface area contributed by atoms with E-state index >= 15 is 0 Å². The van der Waals surface area contributed by atoms with Gasteiger partial charge >= 0.3 is 17.9 Å². The minimum Gasteiger partial charge on any atom is -0.465 e. The monoisotopic (exact) mass is 284 g/mol. The molecule has 0 atom stereocenters. The average Bonchev–Trinajstić information content (AvgIpc) is 2.80. The molecule has 2 aromatic rings. The molecule has 3 rings (SSSR count). The van der Waals surface area contributed by atoms with E-state index in [0.717, 1.165) is 0 Å². The highest BCUT2D eigenvalue weighted by Crippen LogP contribution is 2.31. The number of hydrogen-bond donors (Lipinski definition) is 0. The van der Waals surface area contributed by atoms with Crippen LogP contribution in [-0.2, 0) is 9.47 Å². The van der Waals surface area contributed by atoms with Crippen molar-refractivity contribution in [2.75, 3.05) is 7.11 Å². The van der Waals surface area contributed by atoms with Crippen molar-refractivity contribution in [3.8, 4) is 0 Å². The van der Waals surface area contributed by atoms with E-state index in [1.54, 1.807) is 0 Å². The highest BCUT2D eigenvalue weighted by molar-refractivity contribution is 6.23. The number of carbonyl (C=O) groups is 4. The van der Waals surface area contributed by atoms with Crippen molar-refractivity contribution in [3.05, 3.63) is 46.5 Å². The third-order valence-electron chi connectivity index (χ3n) is 3.36. The molecule has 6 nitrogen and oxygen atoms in total. The third-order valence-corrected chi connectivity index (χ3v) is 3.36. The van der Waals surface area contributed by atoms with Gasteiger partial charge in [-0.3, -0.25) is 4.79 Å². The largest absolute Gasteiger partial charge is 0.465 e. The summed E-state index contributed by atoms with van der Waals surface area (Å²) in [6.45, 7) is 0. The number of fused-ring (bicyclic) bond motifs is 3. The Kier molecular flexibility index (Phi) is 2.79. The van der Waals surface area contributed by atoms with Gasteiger partial charge in [0, 0.05) is 5.56 Å². The Balaban J connectivity index is 2.44. The molecule has 1 aliphatic rings. The summed E-state index contributed by atoms with van der Waals surface area (Å²) in [5, 5.41) is 0.728. The second kappa shape index (κ2) is 4.52. The lowest BCUT2D eigenvalue weighted by atomic mass is 9.94. The van der Waals surface area contributed by atoms with Crippen LogP contribution in [0.2, 0.25) is 0 Å². The molecule has 0 radical (unpaired) electrons. The molecular weight excluding hydrogens is 276 g/mol. The molecule has 104 valence electrons. The predicted octanol–water partition coefficient (Wildman–Crippen LogP) is 1.75. The van der Waals surface area contributed by atoms with Crippen LogP contribution in [0.4, 0.5) is 0 Å². The second-order valence-electron chi connectivity index (χ2n) is 4.40. The molecule has 0 bridgehead atoms. The molecule has 0 saturated carbocycles. The van der Waals surface area contributed by atoms with Crippen LogP contribution in [0.25, 0.3) is 10.8 Å². The Morgan fingerprint density at radius 1 is 1.10 bits per heavy atom. The Morgan fingerprint density at radius 2 is 1.81 bits per heavy atom. The van der Waals surface area contributed by atoms with Gasteiger partial charge < -0.3 is 9.47 Å². The van der Waals surface area contributed by atoms with E-state index in [1.165, 1.54) is 31.4 Å². The van der Waals surface area contributed by atoms with Gasteiger partial charge in [-0.25, -0.2) is 14.4 Å². The number of carbonyl (C=O) groups excluding carboxylic acids is 4. The first-order valence-corrected chi connectivity index (χ1v) is 5.98. The molecule has 6 heteroatoms. The van der Waals surface area contributed by atoms with Gasteiger partial charge in [0.2, 0.25) is 0 Å². The summed E-state index contributed by atoms with van der Waals surface area (Å²) in [5.41, 5.74) is 0.439. The molecular formula is C15H8O6. The Bertz CT molecular complexity index is 834. The van der Waals surface area contributed by atoms with Crippen molar-refractivity contribution in [1.82, 2.24) is 0 Å². The van der Waals surface area contributed by atoms with Crippen molar-refractivity contribution in [2.24, 2.45) is 0 Å². The van der Waals surface area contributed by atoms with Crippen LogP contribution in [0.3, 0.4) is 0 Å². The number of rotatable bonds is 2. The van der Waals surface area contributed by atoms with Gasteiger partial charge in [-0.05, 0) is 16.8 Å². The molecule has 2 aromatic carbocycles. The Morgan fingerprint density at radius 3 is 2.48 bits per heavy atom. The zero-order chi connectivity index (χ0) is 15.1. The number of esters is 3. The number of benzene rings is 2. The van der Waals surface area contributed by atoms with Crippen molar-refractivity contribution in [2.45, 2.75) is 0 Å². The zero-order valence-electron chi connectivity index (χ0n) is 10.8. The average molecular weight is 284 g/mol. The fourth-order valence-corrected chi connectivity index (χ4v) is 2.43. The van der Waals surface area contributed by atoms with E-state index < -0.39 is 17.9 Å². The van der Waals surface area contributed by atoms with Crippen LogP contribution in [-0.4, -0.2) is 31.3 Å². The third kappa shape index (κ3) is 1.73. The van der Waals surface area contributed by atoms with E-state index in [4.69, 9.17) is 0 Å². The summed E-state index contributed by atoms with van der Waals surface area (Å²) in [7, 11) is 1.20. The van der Waals surface area contributed by atoms with Gasteiger partial charge in [-0.2, -0.15) is 0 Å². The maximum atomic E-state index is 11.9. The highest BCUT2D eigenvalue weighted by atomic mass is 16.6. The Hall–Kier alpha value is -3.02. The number of methoxy groups -OCH3 is 1. The molecule has 0 amide bonds.